The lowest BCUT2D eigenvalue weighted by atomic mass is 9.82. The van der Waals surface area contributed by atoms with Crippen LogP contribution in [-0.2, 0) is 35.1 Å². The van der Waals surface area contributed by atoms with E-state index in [1.807, 2.05) is 62.4 Å². The van der Waals surface area contributed by atoms with Crippen molar-refractivity contribution in [1.82, 2.24) is 31.0 Å². The molecule has 1 aromatic carbocycles. The van der Waals surface area contributed by atoms with Crippen molar-refractivity contribution in [3.8, 4) is 5.75 Å². The normalized spacial score (nSPS) is 16.9. The molecule has 0 spiro atoms. The highest BCUT2D eigenvalue weighted by Gasteiger charge is 2.39. The number of hydrogen-bond acceptors (Lipinski definition) is 14. The number of hydrogen-bond donors (Lipinski definition) is 4. The Morgan fingerprint density at radius 3 is 2.29 bits per heavy atom. The van der Waals surface area contributed by atoms with Crippen molar-refractivity contribution in [1.29, 1.82) is 0 Å². The van der Waals surface area contributed by atoms with Gasteiger partial charge in [-0.05, 0) is 81.1 Å². The van der Waals surface area contributed by atoms with Crippen LogP contribution in [0.3, 0.4) is 0 Å². The number of rotatable bonds is 27. The van der Waals surface area contributed by atoms with Gasteiger partial charge in [-0.15, -0.1) is 11.3 Å². The Morgan fingerprint density at radius 1 is 0.939 bits per heavy atom. The zero-order chi connectivity index (χ0) is 48.9. The van der Waals surface area contributed by atoms with Crippen molar-refractivity contribution in [2.75, 3.05) is 38.4 Å². The van der Waals surface area contributed by atoms with E-state index >= 15 is 0 Å². The Hall–Kier alpha value is -3.87. The molecule has 0 bridgehead atoms. The zero-order valence-electron chi connectivity index (χ0n) is 40.8. The molecule has 370 valence electrons. The van der Waals surface area contributed by atoms with E-state index in [0.717, 1.165) is 37.1 Å². The van der Waals surface area contributed by atoms with Crippen LogP contribution in [0, 0.1) is 29.6 Å². The molecule has 2 aromatic rings. The summed E-state index contributed by atoms with van der Waals surface area (Å²) in [6, 6.07) is 5.48. The van der Waals surface area contributed by atoms with Gasteiger partial charge in [0.15, 0.2) is 12.5 Å². The number of nitrogens with zero attached hydrogens (tertiary/aromatic N) is 3. The maximum atomic E-state index is 14.9. The second kappa shape index (κ2) is 29.1. The largest absolute Gasteiger partial charge is 0.508 e. The van der Waals surface area contributed by atoms with E-state index in [1.165, 1.54) is 11.3 Å². The number of likely N-dealkylation sites (N-methyl/N-ethyl adjacent to an activating group) is 1. The first-order valence-electron chi connectivity index (χ1n) is 23.5. The third-order valence-corrected chi connectivity index (χ3v) is 15.6. The summed E-state index contributed by atoms with van der Waals surface area (Å²) in [5, 5.41) is 15.3. The summed E-state index contributed by atoms with van der Waals surface area (Å²) in [6.45, 7) is 18.5. The second-order valence-electron chi connectivity index (χ2n) is 18.4. The molecule has 15 nitrogen and oxygen atoms in total. The number of benzene rings is 1. The number of amides is 4. The van der Waals surface area contributed by atoms with Crippen LogP contribution in [0.25, 0.3) is 0 Å². The molecule has 0 saturated carbocycles. The molecule has 0 radical (unpaired) electrons. The van der Waals surface area contributed by atoms with Crippen molar-refractivity contribution < 1.29 is 43.3 Å². The molecule has 0 aliphatic carbocycles. The number of nitrogens with one attached hydrogen (secondary N) is 3. The molecule has 1 aromatic heterocycles. The van der Waals surface area contributed by atoms with Gasteiger partial charge in [-0.2, -0.15) is 0 Å². The maximum Gasteiger partial charge on any atom is 0.426 e. The molecule has 4 amide bonds. The minimum absolute atomic E-state index is 0.0600. The van der Waals surface area contributed by atoms with Gasteiger partial charge in [-0.25, -0.2) is 15.2 Å². The first kappa shape index (κ1) is 56.5. The Balaban J connectivity index is 1.80. The van der Waals surface area contributed by atoms with Gasteiger partial charge in [0.05, 0.1) is 11.0 Å². The molecular weight excluding hydrogens is 901 g/mol. The van der Waals surface area contributed by atoms with Gasteiger partial charge in [0, 0.05) is 59.6 Å². The minimum atomic E-state index is -0.769. The topological polar surface area (TPSA) is 197 Å². The zero-order valence-corrected chi connectivity index (χ0v) is 43.2. The fourth-order valence-corrected chi connectivity index (χ4v) is 10.4. The number of phenolic OH excluding ortho intramolecular Hbond substituents is 1. The van der Waals surface area contributed by atoms with Crippen LogP contribution in [0.15, 0.2) is 29.6 Å². The van der Waals surface area contributed by atoms with Crippen LogP contribution in [-0.4, -0.2) is 112 Å². The fraction of sp³-hybridized carbons (Fsp3) is 0.688. The number of hydrazine groups is 1. The van der Waals surface area contributed by atoms with E-state index < -0.39 is 41.8 Å². The number of aromatic hydroxyl groups is 1. The van der Waals surface area contributed by atoms with Gasteiger partial charge in [0.1, 0.15) is 18.1 Å². The van der Waals surface area contributed by atoms with Gasteiger partial charge >= 0.3 is 12.1 Å². The van der Waals surface area contributed by atoms with E-state index in [9.17, 15) is 33.9 Å². The highest BCUT2D eigenvalue weighted by molar-refractivity contribution is 8.76. The minimum Gasteiger partial charge on any atom is -0.508 e. The average Bonchev–Trinajstić information content (AvgIpc) is 3.78. The predicted octanol–water partition coefficient (Wildman–Crippen LogP) is 8.37. The Bertz CT molecular complexity index is 1850. The summed E-state index contributed by atoms with van der Waals surface area (Å²) in [5.41, 5.74) is 5.73. The number of aromatic nitrogens is 1. The third-order valence-electron chi connectivity index (χ3n) is 12.1. The number of piperidine rings is 1. The van der Waals surface area contributed by atoms with E-state index in [1.54, 1.807) is 63.1 Å². The van der Waals surface area contributed by atoms with Crippen LogP contribution in [0.5, 0.6) is 5.75 Å². The van der Waals surface area contributed by atoms with E-state index in [-0.39, 0.29) is 91.5 Å². The quantitative estimate of drug-likeness (QED) is 0.0219. The molecule has 3 rings (SSSR count). The number of carbonyl (C=O) groups is 6. The Kier molecular flexibility index (Phi) is 24.9. The summed E-state index contributed by atoms with van der Waals surface area (Å²) in [6.07, 6.45) is 4.08. The molecule has 2 heterocycles. The molecule has 18 heteroatoms. The van der Waals surface area contributed by atoms with Gasteiger partial charge in [0.25, 0.3) is 5.91 Å². The van der Waals surface area contributed by atoms with Gasteiger partial charge in [-0.1, -0.05) is 109 Å². The molecule has 4 N–H and O–H groups in total. The number of likely N-dealkylation sites (tertiary alicyclic amines) is 1. The first-order valence-corrected chi connectivity index (χ1v) is 26.9. The van der Waals surface area contributed by atoms with Crippen LogP contribution >= 0.6 is 32.9 Å². The molecule has 1 unspecified atom stereocenters. The van der Waals surface area contributed by atoms with E-state index in [0.29, 0.717) is 30.0 Å². The summed E-state index contributed by atoms with van der Waals surface area (Å²) in [4.78, 5) is 89.3. The lowest BCUT2D eigenvalue weighted by Gasteiger charge is -2.39. The summed E-state index contributed by atoms with van der Waals surface area (Å²) in [7, 11) is 5.23. The lowest BCUT2D eigenvalue weighted by molar-refractivity contribution is -0.160. The highest BCUT2D eigenvalue weighted by atomic mass is 33.1. The van der Waals surface area contributed by atoms with Crippen LogP contribution in [0.1, 0.15) is 141 Å². The summed E-state index contributed by atoms with van der Waals surface area (Å²) in [5.74, 6) is -1.27. The third kappa shape index (κ3) is 19.0. The number of esters is 1. The van der Waals surface area contributed by atoms with Crippen molar-refractivity contribution in [3.05, 3.63) is 45.9 Å². The first-order chi connectivity index (χ1) is 31.3. The molecule has 7 atom stereocenters. The lowest BCUT2D eigenvalue weighted by Crippen LogP contribution is -2.50. The molecule has 1 fully saturated rings. The average molecular weight is 977 g/mol. The Labute approximate surface area is 404 Å². The number of Topliss-reactive ketones (excluding diaryl/α,β-unsaturated/α-hetero) is 1. The number of ether oxygens (including phenoxy) is 2. The predicted molar refractivity (Wildman–Crippen MR) is 264 cm³/mol. The van der Waals surface area contributed by atoms with Gasteiger partial charge in [-0.3, -0.25) is 34.3 Å². The van der Waals surface area contributed by atoms with Crippen LogP contribution in [0.4, 0.5) is 4.79 Å². The SMILES string of the molecule is CCSSCCOC(=O)NNC(=O)[C@@H](C)C[C@H](Cc1ccc(O)cc1)NC(=O)c1csc([C@H](C)C[C@H](C(C)C)N(COC(=O)CC(C)C)C(=O)[C@@H](CC(=O)[C@H]2CCCCN2C)C(C)CC)n1. The standard InChI is InChI=1S/C48H76N6O9S3/c1-11-32(7)38(27-42(56)40-15-13-14-20-53(40)10)47(60)54(29-63-43(57)23-30(3)4)41(31(5)6)25-34(9)46-50-39(28-64-46)45(59)49-36(26-35-16-18-37(55)19-17-35)24-33(8)44(58)51-52-48(61)62-21-22-66-65-12-2/h16-19,28,30-34,36,38,40-41,55H,11-15,20-27,29H2,1-10H3,(H,49,59)(H,51,58)(H,52,61)/t32?,33-,34+,36+,38-,40+,41+/m0/s1. The fourth-order valence-electron chi connectivity index (χ4n) is 8.05. The van der Waals surface area contributed by atoms with Crippen molar-refractivity contribution >= 4 is 68.5 Å². The van der Waals surface area contributed by atoms with E-state index in [4.69, 9.17) is 14.5 Å². The van der Waals surface area contributed by atoms with Crippen molar-refractivity contribution in [3.63, 3.8) is 0 Å². The summed E-state index contributed by atoms with van der Waals surface area (Å²) >= 11 is 1.34. The van der Waals surface area contributed by atoms with Gasteiger partial charge < -0.3 is 24.8 Å². The smallest absolute Gasteiger partial charge is 0.426 e. The maximum absolute atomic E-state index is 14.9. The number of thiazole rings is 1. The number of carbonyl (C=O) groups excluding carboxylic acids is 6. The Morgan fingerprint density at radius 2 is 1.65 bits per heavy atom. The molecular formula is C48H76N6O9S3. The van der Waals surface area contributed by atoms with Crippen molar-refractivity contribution in [2.45, 2.75) is 144 Å². The van der Waals surface area contributed by atoms with Crippen molar-refractivity contribution in [2.24, 2.45) is 29.6 Å². The van der Waals surface area contributed by atoms with Crippen LogP contribution < -0.4 is 16.2 Å². The van der Waals surface area contributed by atoms with E-state index in [2.05, 4.69) is 21.1 Å². The molecule has 1 aliphatic rings. The number of phenols is 1. The molecule has 1 saturated heterocycles. The summed E-state index contributed by atoms with van der Waals surface area (Å²) < 4.78 is 10.9. The molecule has 66 heavy (non-hydrogen) atoms. The van der Waals surface area contributed by atoms with Gasteiger partial charge in [0.2, 0.25) is 11.8 Å². The molecule has 1 aliphatic heterocycles. The monoisotopic (exact) mass is 976 g/mol. The van der Waals surface area contributed by atoms with Crippen LogP contribution in [0.2, 0.25) is 0 Å². The highest BCUT2D eigenvalue weighted by Crippen LogP contribution is 2.33. The second-order valence-corrected chi connectivity index (χ2v) is 22.1. The number of ketones is 1.